The van der Waals surface area contributed by atoms with Gasteiger partial charge in [0.2, 0.25) is 5.76 Å². The Morgan fingerprint density at radius 3 is 2.78 bits per heavy atom. The van der Waals surface area contributed by atoms with Crippen LogP contribution in [0.4, 0.5) is 0 Å². The number of benzene rings is 1. The highest BCUT2D eigenvalue weighted by Gasteiger charge is 2.21. The maximum atomic E-state index is 10.9. The molecule has 122 valence electrons. The Balaban J connectivity index is 1.90. The molecule has 23 heavy (non-hydrogen) atoms. The summed E-state index contributed by atoms with van der Waals surface area (Å²) in [5.74, 6) is -0.295. The Kier molecular flexibility index (Phi) is 4.47. The molecule has 1 fully saturated rings. The van der Waals surface area contributed by atoms with Gasteiger partial charge in [-0.1, -0.05) is 11.2 Å². The molecule has 1 N–H and O–H groups in total. The summed E-state index contributed by atoms with van der Waals surface area (Å²) >= 11 is 0. The van der Waals surface area contributed by atoms with E-state index in [9.17, 15) is 4.79 Å². The van der Waals surface area contributed by atoms with E-state index >= 15 is 0 Å². The molecule has 1 aliphatic heterocycles. The van der Waals surface area contributed by atoms with Crippen LogP contribution in [0, 0.1) is 0 Å². The zero-order valence-electron chi connectivity index (χ0n) is 12.7. The lowest BCUT2D eigenvalue weighted by molar-refractivity contribution is 0.0246. The van der Waals surface area contributed by atoms with Gasteiger partial charge >= 0.3 is 5.97 Å². The van der Waals surface area contributed by atoms with Gasteiger partial charge in [-0.15, -0.1) is 0 Å². The maximum Gasteiger partial charge on any atom is 0.374 e. The van der Waals surface area contributed by atoms with Crippen molar-refractivity contribution in [3.63, 3.8) is 0 Å². The number of ether oxygens (including phenoxy) is 3. The lowest BCUT2D eigenvalue weighted by atomic mass is 10.1. The molecule has 0 aliphatic carbocycles. The number of methoxy groups -OCH3 is 1. The molecule has 2 heterocycles. The van der Waals surface area contributed by atoms with E-state index < -0.39 is 5.97 Å². The molecular weight excluding hydrogens is 302 g/mol. The number of carbonyl (C=O) groups is 1. The first-order valence-electron chi connectivity index (χ1n) is 7.31. The Hall–Kier alpha value is -2.54. The second-order valence-corrected chi connectivity index (χ2v) is 5.15. The number of hydrogen-bond acceptors (Lipinski definition) is 6. The van der Waals surface area contributed by atoms with Gasteiger partial charge < -0.3 is 23.8 Å². The summed E-state index contributed by atoms with van der Waals surface area (Å²) in [6.45, 7) is 1.36. The fraction of sp³-hybridized carbons (Fsp3) is 0.375. The highest BCUT2D eigenvalue weighted by Crippen LogP contribution is 2.38. The zero-order chi connectivity index (χ0) is 16.2. The standard InChI is InChI=1S/C16H17NO6/c1-20-15-11(12-9-14(16(18)19)23-17-12)3-2-4-13(15)22-10-5-7-21-8-6-10/h2-4,9-10H,5-8H2,1H3,(H,18,19). The van der Waals surface area contributed by atoms with E-state index in [-0.39, 0.29) is 11.9 Å². The number of aromatic carboxylic acids is 1. The molecule has 1 aromatic carbocycles. The first-order chi connectivity index (χ1) is 11.2. The predicted molar refractivity (Wildman–Crippen MR) is 79.9 cm³/mol. The summed E-state index contributed by atoms with van der Waals surface area (Å²) in [5, 5.41) is 12.7. The van der Waals surface area contributed by atoms with Crippen LogP contribution in [0.3, 0.4) is 0 Å². The van der Waals surface area contributed by atoms with Gasteiger partial charge in [-0.25, -0.2) is 4.79 Å². The van der Waals surface area contributed by atoms with Crippen LogP contribution in [0.25, 0.3) is 11.3 Å². The summed E-state index contributed by atoms with van der Waals surface area (Å²) in [6.07, 6.45) is 1.71. The summed E-state index contributed by atoms with van der Waals surface area (Å²) in [6, 6.07) is 6.76. The summed E-state index contributed by atoms with van der Waals surface area (Å²) in [7, 11) is 1.54. The first kappa shape index (κ1) is 15.4. The third-order valence-corrected chi connectivity index (χ3v) is 3.64. The van der Waals surface area contributed by atoms with Gasteiger partial charge in [-0.05, 0) is 12.1 Å². The van der Waals surface area contributed by atoms with Gasteiger partial charge in [0.15, 0.2) is 11.5 Å². The summed E-state index contributed by atoms with van der Waals surface area (Å²) in [5.41, 5.74) is 1.00. The largest absolute Gasteiger partial charge is 0.492 e. The van der Waals surface area contributed by atoms with E-state index in [1.54, 1.807) is 6.07 Å². The molecule has 0 bridgehead atoms. The van der Waals surface area contributed by atoms with E-state index in [1.165, 1.54) is 13.2 Å². The third kappa shape index (κ3) is 3.29. The highest BCUT2D eigenvalue weighted by atomic mass is 16.5. The minimum absolute atomic E-state index is 0.0692. The van der Waals surface area contributed by atoms with Crippen LogP contribution < -0.4 is 9.47 Å². The average Bonchev–Trinajstić information content (AvgIpc) is 3.06. The summed E-state index contributed by atoms with van der Waals surface area (Å²) < 4.78 is 21.6. The predicted octanol–water partition coefficient (Wildman–Crippen LogP) is 2.61. The van der Waals surface area contributed by atoms with E-state index in [2.05, 4.69) is 5.16 Å². The van der Waals surface area contributed by atoms with Crippen molar-refractivity contribution in [1.82, 2.24) is 5.16 Å². The molecule has 0 saturated carbocycles. The normalized spacial score (nSPS) is 15.3. The molecule has 3 rings (SSSR count). The lowest BCUT2D eigenvalue weighted by Gasteiger charge is -2.24. The molecule has 0 radical (unpaired) electrons. The Morgan fingerprint density at radius 1 is 1.35 bits per heavy atom. The number of carboxylic acid groups (broad SMARTS) is 1. The van der Waals surface area contributed by atoms with Crippen LogP contribution >= 0.6 is 0 Å². The smallest absolute Gasteiger partial charge is 0.374 e. The van der Waals surface area contributed by atoms with Gasteiger partial charge in [-0.2, -0.15) is 0 Å². The van der Waals surface area contributed by atoms with E-state index in [0.717, 1.165) is 12.8 Å². The number of para-hydroxylation sites is 1. The minimum atomic E-state index is -1.17. The van der Waals surface area contributed by atoms with Crippen molar-refractivity contribution in [1.29, 1.82) is 0 Å². The Labute approximate surface area is 132 Å². The van der Waals surface area contributed by atoms with Gasteiger partial charge in [-0.3, -0.25) is 0 Å². The second-order valence-electron chi connectivity index (χ2n) is 5.15. The average molecular weight is 319 g/mol. The molecule has 0 spiro atoms. The molecular formula is C16H17NO6. The van der Waals surface area contributed by atoms with E-state index in [1.807, 2.05) is 12.1 Å². The molecule has 2 aromatic rings. The SMILES string of the molecule is COc1c(OC2CCOCC2)cccc1-c1cc(C(=O)O)on1. The Morgan fingerprint density at radius 2 is 2.13 bits per heavy atom. The molecule has 7 heteroatoms. The topological polar surface area (TPSA) is 91.0 Å². The zero-order valence-corrected chi connectivity index (χ0v) is 12.7. The van der Waals surface area contributed by atoms with Gasteiger partial charge in [0.1, 0.15) is 11.8 Å². The van der Waals surface area contributed by atoms with E-state index in [4.69, 9.17) is 23.8 Å². The summed E-state index contributed by atoms with van der Waals surface area (Å²) in [4.78, 5) is 10.9. The molecule has 7 nitrogen and oxygen atoms in total. The van der Waals surface area contributed by atoms with Crippen LogP contribution in [0.2, 0.25) is 0 Å². The van der Waals surface area contributed by atoms with Gasteiger partial charge in [0.25, 0.3) is 0 Å². The van der Waals surface area contributed by atoms with Crippen LogP contribution in [0.15, 0.2) is 28.8 Å². The van der Waals surface area contributed by atoms with Gasteiger partial charge in [0, 0.05) is 24.5 Å². The van der Waals surface area contributed by atoms with Crippen molar-refractivity contribution in [3.05, 3.63) is 30.0 Å². The van der Waals surface area contributed by atoms with Crippen molar-refractivity contribution in [2.45, 2.75) is 18.9 Å². The van der Waals surface area contributed by atoms with Crippen LogP contribution in [0.1, 0.15) is 23.4 Å². The molecule has 1 saturated heterocycles. The quantitative estimate of drug-likeness (QED) is 0.905. The number of nitrogens with zero attached hydrogens (tertiary/aromatic N) is 1. The second kappa shape index (κ2) is 6.70. The monoisotopic (exact) mass is 319 g/mol. The fourth-order valence-electron chi connectivity index (χ4n) is 2.50. The molecule has 0 unspecified atom stereocenters. The third-order valence-electron chi connectivity index (χ3n) is 3.64. The first-order valence-corrected chi connectivity index (χ1v) is 7.31. The highest BCUT2D eigenvalue weighted by molar-refractivity contribution is 5.86. The van der Waals surface area contributed by atoms with Crippen LogP contribution in [0.5, 0.6) is 11.5 Å². The van der Waals surface area contributed by atoms with Crippen molar-refractivity contribution < 1.29 is 28.6 Å². The maximum absolute atomic E-state index is 10.9. The molecule has 0 atom stereocenters. The number of hydrogen-bond donors (Lipinski definition) is 1. The van der Waals surface area contributed by atoms with Gasteiger partial charge in [0.05, 0.1) is 20.3 Å². The molecule has 0 amide bonds. The molecule has 1 aromatic heterocycles. The minimum Gasteiger partial charge on any atom is -0.492 e. The number of carboxylic acids is 1. The van der Waals surface area contributed by atoms with Crippen molar-refractivity contribution in [3.8, 4) is 22.8 Å². The van der Waals surface area contributed by atoms with E-state index in [0.29, 0.717) is 36.0 Å². The lowest BCUT2D eigenvalue weighted by Crippen LogP contribution is -2.26. The number of aromatic nitrogens is 1. The van der Waals surface area contributed by atoms with Crippen LogP contribution in [-0.2, 0) is 4.74 Å². The van der Waals surface area contributed by atoms with Crippen molar-refractivity contribution in [2.24, 2.45) is 0 Å². The van der Waals surface area contributed by atoms with Crippen LogP contribution in [-0.4, -0.2) is 42.7 Å². The van der Waals surface area contributed by atoms with Crippen molar-refractivity contribution in [2.75, 3.05) is 20.3 Å². The molecule has 1 aliphatic rings. The van der Waals surface area contributed by atoms with Crippen molar-refractivity contribution >= 4 is 5.97 Å². The number of rotatable bonds is 5. The fourth-order valence-corrected chi connectivity index (χ4v) is 2.50. The Bertz CT molecular complexity index is 690.